The summed E-state index contributed by atoms with van der Waals surface area (Å²) in [7, 11) is -2.05. The second-order valence-electron chi connectivity index (χ2n) is 6.28. The first-order chi connectivity index (χ1) is 14.5. The van der Waals surface area contributed by atoms with E-state index >= 15 is 0 Å². The van der Waals surface area contributed by atoms with Crippen LogP contribution in [0.15, 0.2) is 82.6 Å². The number of benzene rings is 2. The Kier molecular flexibility index (Phi) is 5.95. The third-order valence-electron chi connectivity index (χ3n) is 4.30. The van der Waals surface area contributed by atoms with Gasteiger partial charge in [0.2, 0.25) is 0 Å². The number of ether oxygens (including phenoxy) is 1. The number of aromatic amines is 1. The van der Waals surface area contributed by atoms with Crippen LogP contribution in [0, 0.1) is 0 Å². The van der Waals surface area contributed by atoms with E-state index in [0.717, 1.165) is 21.5 Å². The quantitative estimate of drug-likeness (QED) is 0.325. The van der Waals surface area contributed by atoms with Crippen molar-refractivity contribution in [1.82, 2.24) is 15.2 Å². The molecule has 2 aromatic carbocycles. The van der Waals surface area contributed by atoms with Crippen LogP contribution in [-0.4, -0.2) is 46.5 Å². The molecule has 0 saturated heterocycles. The number of aromatic nitrogens is 3. The summed E-state index contributed by atoms with van der Waals surface area (Å²) in [6.07, 6.45) is 0. The molecule has 0 unspecified atom stereocenters. The van der Waals surface area contributed by atoms with Crippen molar-refractivity contribution in [1.29, 1.82) is 0 Å². The van der Waals surface area contributed by atoms with Crippen LogP contribution < -0.4 is 13.7 Å². The number of methoxy groups -OCH3 is 1. The molecule has 30 heavy (non-hydrogen) atoms. The number of nitrogens with one attached hydrogen (secondary N) is 1. The molecule has 0 fully saturated rings. The molecule has 151 valence electrons. The van der Waals surface area contributed by atoms with Crippen molar-refractivity contribution in [2.24, 2.45) is 0 Å². The normalized spacial score (nSPS) is 11.8. The molecule has 4 aromatic rings. The van der Waals surface area contributed by atoms with E-state index in [9.17, 15) is 8.42 Å². The van der Waals surface area contributed by atoms with Gasteiger partial charge in [-0.2, -0.15) is 0 Å². The van der Waals surface area contributed by atoms with Gasteiger partial charge < -0.3 is 0 Å². The van der Waals surface area contributed by atoms with Gasteiger partial charge in [-0.1, -0.05) is 0 Å². The fraction of sp³-hybridized carbons (Fsp3) is 0.0476. The summed E-state index contributed by atoms with van der Waals surface area (Å²) in [6.45, 7) is 0. The van der Waals surface area contributed by atoms with Gasteiger partial charge in [0.05, 0.1) is 0 Å². The first-order valence-corrected chi connectivity index (χ1v) is 12.6. The molecule has 0 aliphatic carbocycles. The SMILES string of the molecule is COc1ccc(-c2cc([As]c3cc(S(=O)(=O)c4ccccc4)cc(Cl)n3)[nH]n2)cc1. The second kappa shape index (κ2) is 8.64. The Morgan fingerprint density at radius 1 is 0.967 bits per heavy atom. The number of halogens is 1. The predicted molar refractivity (Wildman–Crippen MR) is 117 cm³/mol. The number of sulfone groups is 1. The number of nitrogens with zero attached hydrogens (tertiary/aromatic N) is 2. The second-order valence-corrected chi connectivity index (χ2v) is 11.1. The van der Waals surface area contributed by atoms with Gasteiger partial charge in [-0.3, -0.25) is 0 Å². The third kappa shape index (κ3) is 4.43. The monoisotopic (exact) mass is 500 g/mol. The summed E-state index contributed by atoms with van der Waals surface area (Å²) in [5, 5.41) is 7.52. The van der Waals surface area contributed by atoms with Gasteiger partial charge in [0.1, 0.15) is 0 Å². The molecule has 4 rings (SSSR count). The molecule has 0 saturated carbocycles. The van der Waals surface area contributed by atoms with Gasteiger partial charge in [0, 0.05) is 0 Å². The zero-order chi connectivity index (χ0) is 21.1. The van der Waals surface area contributed by atoms with E-state index in [2.05, 4.69) is 15.2 Å². The Morgan fingerprint density at radius 2 is 1.70 bits per heavy atom. The summed E-state index contributed by atoms with van der Waals surface area (Å²) >= 11 is 5.51. The number of pyridine rings is 1. The Balaban J connectivity index is 1.61. The van der Waals surface area contributed by atoms with Crippen molar-refractivity contribution in [3.8, 4) is 17.0 Å². The van der Waals surface area contributed by atoms with E-state index in [-0.39, 0.29) is 14.9 Å². The van der Waals surface area contributed by atoms with Gasteiger partial charge >= 0.3 is 186 Å². The fourth-order valence-electron chi connectivity index (χ4n) is 2.81. The Hall–Kier alpha value is -2.60. The number of rotatable bonds is 6. The van der Waals surface area contributed by atoms with Crippen molar-refractivity contribution in [2.75, 3.05) is 7.11 Å². The predicted octanol–water partition coefficient (Wildman–Crippen LogP) is 2.62. The molecule has 0 bridgehead atoms. The molecule has 0 aliphatic heterocycles. The van der Waals surface area contributed by atoms with Crippen molar-refractivity contribution < 1.29 is 13.2 Å². The van der Waals surface area contributed by atoms with Crippen LogP contribution in [0.2, 0.25) is 5.15 Å². The van der Waals surface area contributed by atoms with Crippen molar-refractivity contribution >= 4 is 46.2 Å². The van der Waals surface area contributed by atoms with E-state index in [1.54, 1.807) is 43.5 Å². The number of H-pyrrole nitrogens is 1. The van der Waals surface area contributed by atoms with Crippen LogP contribution in [-0.2, 0) is 9.84 Å². The van der Waals surface area contributed by atoms with Gasteiger partial charge in [0.15, 0.2) is 0 Å². The van der Waals surface area contributed by atoms with E-state index in [1.807, 2.05) is 30.3 Å². The molecule has 0 spiro atoms. The van der Waals surface area contributed by atoms with Crippen LogP contribution in [0.5, 0.6) is 5.75 Å². The molecule has 6 nitrogen and oxygen atoms in total. The fourth-order valence-corrected chi connectivity index (χ4v) is 6.60. The minimum atomic E-state index is -3.67. The Bertz CT molecular complexity index is 1280. The first kappa shape index (κ1) is 20.7. The van der Waals surface area contributed by atoms with Crippen LogP contribution in [0.25, 0.3) is 11.3 Å². The van der Waals surface area contributed by atoms with E-state index in [1.165, 1.54) is 6.07 Å². The molecule has 0 atom stereocenters. The molecular weight excluding hydrogens is 485 g/mol. The number of hydrogen-bond donors (Lipinski definition) is 1. The van der Waals surface area contributed by atoms with Crippen molar-refractivity contribution in [2.45, 2.75) is 9.79 Å². The van der Waals surface area contributed by atoms with Crippen LogP contribution in [0.1, 0.15) is 0 Å². The van der Waals surface area contributed by atoms with Gasteiger partial charge in [-0.15, -0.1) is 0 Å². The molecular formula is C21H16AsClN3O3S. The molecule has 0 amide bonds. The summed E-state index contributed by atoms with van der Waals surface area (Å²) in [4.78, 5) is 4.67. The average Bonchev–Trinajstić information content (AvgIpc) is 3.22. The zero-order valence-corrected chi connectivity index (χ0v) is 19.2. The van der Waals surface area contributed by atoms with E-state index < -0.39 is 25.6 Å². The summed E-state index contributed by atoms with van der Waals surface area (Å²) < 4.78 is 32.5. The van der Waals surface area contributed by atoms with Gasteiger partial charge in [0.25, 0.3) is 0 Å². The Morgan fingerprint density at radius 3 is 2.40 bits per heavy atom. The summed E-state index contributed by atoms with van der Waals surface area (Å²) in [5.41, 5.74) is 1.74. The van der Waals surface area contributed by atoms with Gasteiger partial charge in [-0.05, 0) is 0 Å². The standard InChI is InChI=1S/C21H16AsClN3O3S/c1-29-15-9-7-14(8-10-15)18-13-20(26-25-18)22-19-11-17(12-21(23)24-19)30(27,28)16-5-3-2-4-6-16/h2-13H,1H3,(H,25,26). The molecule has 1 N–H and O–H groups in total. The van der Waals surface area contributed by atoms with Crippen LogP contribution in [0.3, 0.4) is 0 Å². The molecule has 0 aliphatic rings. The topological polar surface area (TPSA) is 84.9 Å². The molecule has 2 heterocycles. The summed E-state index contributed by atoms with van der Waals surface area (Å²) in [6, 6.07) is 20.8. The average molecular weight is 501 g/mol. The van der Waals surface area contributed by atoms with Crippen molar-refractivity contribution in [3.63, 3.8) is 0 Å². The number of hydrogen-bond acceptors (Lipinski definition) is 5. The molecule has 9 heteroatoms. The maximum absolute atomic E-state index is 12.9. The van der Waals surface area contributed by atoms with Crippen LogP contribution in [0.4, 0.5) is 0 Å². The van der Waals surface area contributed by atoms with E-state index in [4.69, 9.17) is 16.3 Å². The molecule has 2 aromatic heterocycles. The van der Waals surface area contributed by atoms with E-state index in [0.29, 0.717) is 4.48 Å². The minimum absolute atomic E-state index is 0.133. The van der Waals surface area contributed by atoms with Gasteiger partial charge in [-0.25, -0.2) is 0 Å². The zero-order valence-electron chi connectivity index (χ0n) is 15.8. The maximum atomic E-state index is 12.9. The van der Waals surface area contributed by atoms with Crippen molar-refractivity contribution in [3.05, 3.63) is 77.9 Å². The Labute approximate surface area is 185 Å². The first-order valence-electron chi connectivity index (χ1n) is 8.85. The van der Waals surface area contributed by atoms with Crippen LogP contribution >= 0.6 is 11.6 Å². The third-order valence-corrected chi connectivity index (χ3v) is 8.19. The molecule has 1 radical (unpaired) electrons. The summed E-state index contributed by atoms with van der Waals surface area (Å²) in [5.74, 6) is 0.774.